The minimum absolute atomic E-state index is 0.142. The van der Waals surface area contributed by atoms with Crippen molar-refractivity contribution in [2.24, 2.45) is 0 Å². The van der Waals surface area contributed by atoms with Crippen LogP contribution in [0.2, 0.25) is 0 Å². The molecule has 4 nitrogen and oxygen atoms in total. The first-order valence-electron chi connectivity index (χ1n) is 4.56. The molecule has 0 heterocycles. The lowest BCUT2D eigenvalue weighted by Crippen LogP contribution is -2.22. The number of Topliss-reactive ketones (excluding diaryl/α,β-unsaturated/α-hetero) is 1. The van der Waals surface area contributed by atoms with Crippen molar-refractivity contribution in [2.75, 3.05) is 6.54 Å². The molecule has 0 unspecified atom stereocenters. The van der Waals surface area contributed by atoms with Gasteiger partial charge in [0.25, 0.3) is 0 Å². The van der Waals surface area contributed by atoms with Gasteiger partial charge in [-0.3, -0.25) is 4.79 Å². The van der Waals surface area contributed by atoms with Crippen LogP contribution in [0.25, 0.3) is 0 Å². The number of rotatable bonds is 4. The zero-order valence-corrected chi connectivity index (χ0v) is 7.82. The topological polar surface area (TPSA) is 66.4 Å². The van der Waals surface area contributed by atoms with Crippen LogP contribution in [0, 0.1) is 0 Å². The van der Waals surface area contributed by atoms with E-state index in [4.69, 9.17) is 5.11 Å². The highest BCUT2D eigenvalue weighted by atomic mass is 16.4. The SMILES string of the molecule is O=C(O)NCCCC1=CC=CCC1=O. The molecule has 1 rings (SSSR count). The molecule has 4 heteroatoms. The number of carbonyl (C=O) groups excluding carboxylic acids is 1. The maximum atomic E-state index is 11.3. The van der Waals surface area contributed by atoms with Crippen molar-refractivity contribution in [3.8, 4) is 0 Å². The highest BCUT2D eigenvalue weighted by Gasteiger charge is 2.09. The Morgan fingerprint density at radius 2 is 2.36 bits per heavy atom. The summed E-state index contributed by atoms with van der Waals surface area (Å²) in [4.78, 5) is 21.4. The van der Waals surface area contributed by atoms with Gasteiger partial charge in [-0.2, -0.15) is 0 Å². The van der Waals surface area contributed by atoms with Crippen LogP contribution in [0.4, 0.5) is 4.79 Å². The quantitative estimate of drug-likeness (QED) is 0.668. The van der Waals surface area contributed by atoms with E-state index in [0.29, 0.717) is 25.8 Å². The third kappa shape index (κ3) is 3.43. The lowest BCUT2D eigenvalue weighted by Gasteiger charge is -2.07. The van der Waals surface area contributed by atoms with E-state index in [-0.39, 0.29) is 5.78 Å². The van der Waals surface area contributed by atoms with Crippen LogP contribution >= 0.6 is 0 Å². The normalized spacial score (nSPS) is 15.1. The zero-order valence-electron chi connectivity index (χ0n) is 7.82. The van der Waals surface area contributed by atoms with E-state index >= 15 is 0 Å². The smallest absolute Gasteiger partial charge is 0.404 e. The van der Waals surface area contributed by atoms with Gasteiger partial charge in [0, 0.05) is 13.0 Å². The van der Waals surface area contributed by atoms with E-state index in [2.05, 4.69) is 5.32 Å². The molecule has 1 aliphatic carbocycles. The summed E-state index contributed by atoms with van der Waals surface area (Å²) in [5, 5.41) is 10.6. The summed E-state index contributed by atoms with van der Waals surface area (Å²) in [6.07, 6.45) is 6.24. The van der Waals surface area contributed by atoms with Gasteiger partial charge in [-0.1, -0.05) is 18.2 Å². The Morgan fingerprint density at radius 3 is 3.00 bits per heavy atom. The molecule has 0 saturated carbocycles. The molecule has 1 amide bonds. The number of carbonyl (C=O) groups is 2. The fourth-order valence-electron chi connectivity index (χ4n) is 1.28. The van der Waals surface area contributed by atoms with Crippen LogP contribution in [0.3, 0.4) is 0 Å². The summed E-state index contributed by atoms with van der Waals surface area (Å²) in [5.41, 5.74) is 0.791. The van der Waals surface area contributed by atoms with Crippen molar-refractivity contribution >= 4 is 11.9 Å². The third-order valence-electron chi connectivity index (χ3n) is 1.99. The number of ketones is 1. The van der Waals surface area contributed by atoms with Gasteiger partial charge >= 0.3 is 6.09 Å². The molecule has 0 saturated heterocycles. The largest absolute Gasteiger partial charge is 0.465 e. The number of hydrogen-bond donors (Lipinski definition) is 2. The van der Waals surface area contributed by atoms with Crippen molar-refractivity contribution < 1.29 is 14.7 Å². The Labute approximate surface area is 82.3 Å². The van der Waals surface area contributed by atoms with E-state index in [1.54, 1.807) is 6.08 Å². The summed E-state index contributed by atoms with van der Waals surface area (Å²) < 4.78 is 0. The van der Waals surface area contributed by atoms with Gasteiger partial charge in [-0.25, -0.2) is 4.79 Å². The Hall–Kier alpha value is -1.58. The maximum absolute atomic E-state index is 11.3. The van der Waals surface area contributed by atoms with Crippen LogP contribution in [0.15, 0.2) is 23.8 Å². The predicted octanol–water partition coefficient (Wildman–Crippen LogP) is 1.49. The molecule has 0 aromatic carbocycles. The Kier molecular flexibility index (Phi) is 3.91. The Morgan fingerprint density at radius 1 is 1.57 bits per heavy atom. The summed E-state index contributed by atoms with van der Waals surface area (Å²) in [6, 6.07) is 0. The second kappa shape index (κ2) is 5.21. The van der Waals surface area contributed by atoms with Crippen LogP contribution in [0.1, 0.15) is 19.3 Å². The Bertz CT molecular complexity index is 292. The molecule has 0 bridgehead atoms. The molecule has 0 aromatic rings. The fourth-order valence-corrected chi connectivity index (χ4v) is 1.28. The molecule has 2 N–H and O–H groups in total. The van der Waals surface area contributed by atoms with Crippen molar-refractivity contribution in [1.82, 2.24) is 5.32 Å². The van der Waals surface area contributed by atoms with E-state index in [0.717, 1.165) is 5.57 Å². The highest BCUT2D eigenvalue weighted by molar-refractivity contribution is 5.97. The number of amides is 1. The first-order valence-corrected chi connectivity index (χ1v) is 4.56. The molecule has 0 aromatic heterocycles. The molecule has 76 valence electrons. The second-order valence-electron chi connectivity index (χ2n) is 3.08. The van der Waals surface area contributed by atoms with Gasteiger partial charge < -0.3 is 10.4 Å². The molecule has 0 fully saturated rings. The lowest BCUT2D eigenvalue weighted by atomic mass is 9.99. The van der Waals surface area contributed by atoms with Crippen molar-refractivity contribution in [2.45, 2.75) is 19.3 Å². The van der Waals surface area contributed by atoms with Crippen molar-refractivity contribution in [1.29, 1.82) is 0 Å². The maximum Gasteiger partial charge on any atom is 0.404 e. The van der Waals surface area contributed by atoms with E-state index in [1.165, 1.54) is 0 Å². The predicted molar refractivity (Wildman–Crippen MR) is 52.1 cm³/mol. The molecular formula is C10H13NO3. The van der Waals surface area contributed by atoms with Crippen LogP contribution < -0.4 is 5.32 Å². The standard InChI is InChI=1S/C10H13NO3/c12-9-6-2-1-4-8(9)5-3-7-11-10(13)14/h1-2,4,11H,3,5-7H2,(H,13,14). The first kappa shape index (κ1) is 10.5. The molecular weight excluding hydrogens is 182 g/mol. The zero-order chi connectivity index (χ0) is 10.4. The summed E-state index contributed by atoms with van der Waals surface area (Å²) >= 11 is 0. The fraction of sp³-hybridized carbons (Fsp3) is 0.400. The van der Waals surface area contributed by atoms with Gasteiger partial charge in [-0.15, -0.1) is 0 Å². The summed E-state index contributed by atoms with van der Waals surface area (Å²) in [6.45, 7) is 0.393. The Balaban J connectivity index is 2.24. The van der Waals surface area contributed by atoms with Crippen molar-refractivity contribution in [3.63, 3.8) is 0 Å². The van der Waals surface area contributed by atoms with Crippen molar-refractivity contribution in [3.05, 3.63) is 23.8 Å². The third-order valence-corrected chi connectivity index (χ3v) is 1.99. The molecule has 0 aliphatic heterocycles. The first-order chi connectivity index (χ1) is 6.70. The van der Waals surface area contributed by atoms with Crippen LogP contribution in [-0.4, -0.2) is 23.5 Å². The molecule has 1 aliphatic rings. The molecule has 0 radical (unpaired) electrons. The van der Waals surface area contributed by atoms with E-state index < -0.39 is 6.09 Å². The number of nitrogens with one attached hydrogen (secondary N) is 1. The second-order valence-corrected chi connectivity index (χ2v) is 3.08. The molecule has 0 atom stereocenters. The van der Waals surface area contributed by atoms with E-state index in [1.807, 2.05) is 12.2 Å². The van der Waals surface area contributed by atoms with Gasteiger partial charge in [0.15, 0.2) is 5.78 Å². The average Bonchev–Trinajstić information content (AvgIpc) is 2.15. The van der Waals surface area contributed by atoms with Gasteiger partial charge in [0.2, 0.25) is 0 Å². The van der Waals surface area contributed by atoms with E-state index in [9.17, 15) is 9.59 Å². The summed E-state index contributed by atoms with van der Waals surface area (Å²) in [5.74, 6) is 0.142. The monoisotopic (exact) mass is 195 g/mol. The van der Waals surface area contributed by atoms with Gasteiger partial charge in [0.1, 0.15) is 0 Å². The highest BCUT2D eigenvalue weighted by Crippen LogP contribution is 2.12. The van der Waals surface area contributed by atoms with Gasteiger partial charge in [-0.05, 0) is 18.4 Å². The van der Waals surface area contributed by atoms with Crippen LogP contribution in [0.5, 0.6) is 0 Å². The minimum atomic E-state index is -1.02. The summed E-state index contributed by atoms with van der Waals surface area (Å²) in [7, 11) is 0. The minimum Gasteiger partial charge on any atom is -0.465 e. The lowest BCUT2D eigenvalue weighted by molar-refractivity contribution is -0.115. The number of allylic oxidation sites excluding steroid dienone is 4. The molecule has 0 spiro atoms. The van der Waals surface area contributed by atoms with Gasteiger partial charge in [0.05, 0.1) is 0 Å². The number of carboxylic acid groups (broad SMARTS) is 1. The number of hydrogen-bond acceptors (Lipinski definition) is 2. The average molecular weight is 195 g/mol. The molecule has 14 heavy (non-hydrogen) atoms. The van der Waals surface area contributed by atoms with Crippen LogP contribution in [-0.2, 0) is 4.79 Å².